The molecule has 0 atom stereocenters. The zero-order chi connectivity index (χ0) is 22.8. The van der Waals surface area contributed by atoms with Gasteiger partial charge < -0.3 is 10.1 Å². The van der Waals surface area contributed by atoms with Gasteiger partial charge in [-0.2, -0.15) is 0 Å². The highest BCUT2D eigenvalue weighted by Crippen LogP contribution is 2.17. The molecule has 0 spiro atoms. The third kappa shape index (κ3) is 6.53. The zero-order valence-corrected chi connectivity index (χ0v) is 17.0. The van der Waals surface area contributed by atoms with E-state index in [1.165, 1.54) is 6.07 Å². The molecule has 3 aromatic carbocycles. The number of nitrogens with one attached hydrogen (secondary N) is 3. The first-order valence-electron chi connectivity index (χ1n) is 9.77. The second kappa shape index (κ2) is 11.1. The summed E-state index contributed by atoms with van der Waals surface area (Å²) in [4.78, 5) is 48.6. The van der Waals surface area contributed by atoms with Gasteiger partial charge in [-0.15, -0.1) is 0 Å². The van der Waals surface area contributed by atoms with Crippen LogP contribution in [0.4, 0.5) is 5.69 Å². The zero-order valence-electron chi connectivity index (χ0n) is 17.0. The Labute approximate surface area is 184 Å². The smallest absolute Gasteiger partial charge is 0.340 e. The number of hydrogen-bond donors (Lipinski definition) is 3. The van der Waals surface area contributed by atoms with E-state index in [0.717, 1.165) is 5.56 Å². The Balaban J connectivity index is 1.51. The van der Waals surface area contributed by atoms with Gasteiger partial charge in [0.05, 0.1) is 17.7 Å². The summed E-state index contributed by atoms with van der Waals surface area (Å²) in [6.07, 6.45) is 0.147. The summed E-state index contributed by atoms with van der Waals surface area (Å²) < 4.78 is 5.01. The lowest BCUT2D eigenvalue weighted by molar-refractivity contribution is -0.125. The summed E-state index contributed by atoms with van der Waals surface area (Å²) in [6.45, 7) is -0.611. The maximum atomic E-state index is 12.4. The Morgan fingerprint density at radius 3 is 2.03 bits per heavy atom. The average Bonchev–Trinajstić information content (AvgIpc) is 2.82. The van der Waals surface area contributed by atoms with Gasteiger partial charge in [0.25, 0.3) is 11.8 Å². The maximum absolute atomic E-state index is 12.4. The summed E-state index contributed by atoms with van der Waals surface area (Å²) in [7, 11) is 0. The monoisotopic (exact) mass is 431 g/mol. The van der Waals surface area contributed by atoms with Gasteiger partial charge in [-0.25, -0.2) is 4.79 Å². The second-order valence-corrected chi connectivity index (χ2v) is 6.70. The Morgan fingerprint density at radius 1 is 0.688 bits per heavy atom. The number of benzene rings is 3. The molecule has 0 saturated heterocycles. The van der Waals surface area contributed by atoms with Crippen LogP contribution in [0, 0.1) is 0 Å². The number of rotatable bonds is 7. The summed E-state index contributed by atoms with van der Waals surface area (Å²) in [5, 5.41) is 2.69. The van der Waals surface area contributed by atoms with Crippen molar-refractivity contribution < 1.29 is 23.9 Å². The minimum Gasteiger partial charge on any atom is -0.452 e. The van der Waals surface area contributed by atoms with E-state index < -0.39 is 24.4 Å². The topological polar surface area (TPSA) is 114 Å². The van der Waals surface area contributed by atoms with Crippen LogP contribution < -0.4 is 16.2 Å². The molecule has 0 aliphatic heterocycles. The van der Waals surface area contributed by atoms with E-state index >= 15 is 0 Å². The third-order valence-electron chi connectivity index (χ3n) is 4.31. The molecule has 162 valence electrons. The number of para-hydroxylation sites is 1. The molecule has 32 heavy (non-hydrogen) atoms. The van der Waals surface area contributed by atoms with Crippen molar-refractivity contribution in [3.05, 3.63) is 102 Å². The molecule has 0 bridgehead atoms. The van der Waals surface area contributed by atoms with Crippen molar-refractivity contribution in [2.75, 3.05) is 11.9 Å². The molecule has 0 aliphatic rings. The lowest BCUT2D eigenvalue weighted by atomic mass is 10.1. The largest absolute Gasteiger partial charge is 0.452 e. The molecule has 3 aromatic rings. The summed E-state index contributed by atoms with van der Waals surface area (Å²) >= 11 is 0. The highest BCUT2D eigenvalue weighted by molar-refractivity contribution is 6.02. The number of anilines is 1. The number of amides is 3. The normalized spacial score (nSPS) is 10.0. The van der Waals surface area contributed by atoms with E-state index in [0.29, 0.717) is 5.56 Å². The summed E-state index contributed by atoms with van der Waals surface area (Å²) in [5.41, 5.74) is 5.99. The standard InChI is InChI=1S/C24H21N3O5/c28-21(15-17-9-3-1-4-10-17)25-20-14-8-7-13-19(20)24(31)32-16-22(29)26-27-23(30)18-11-5-2-6-12-18/h1-14H,15-16H2,(H,25,28)(H,26,29)(H,27,30). The molecule has 8 nitrogen and oxygen atoms in total. The lowest BCUT2D eigenvalue weighted by Crippen LogP contribution is -2.43. The highest BCUT2D eigenvalue weighted by Gasteiger charge is 2.16. The number of carbonyl (C=O) groups excluding carboxylic acids is 4. The van der Waals surface area contributed by atoms with Crippen molar-refractivity contribution in [3.63, 3.8) is 0 Å². The Bertz CT molecular complexity index is 1100. The minimum atomic E-state index is -0.787. The van der Waals surface area contributed by atoms with Crippen LogP contribution >= 0.6 is 0 Å². The summed E-state index contributed by atoms with van der Waals surface area (Å²) in [5.74, 6) is -2.30. The fourth-order valence-electron chi connectivity index (χ4n) is 2.78. The average molecular weight is 431 g/mol. The van der Waals surface area contributed by atoms with Gasteiger partial charge in [0.2, 0.25) is 5.91 Å². The molecule has 0 unspecified atom stereocenters. The van der Waals surface area contributed by atoms with Crippen LogP contribution in [0.25, 0.3) is 0 Å². The molecule has 3 rings (SSSR count). The number of ether oxygens (including phenoxy) is 1. The van der Waals surface area contributed by atoms with E-state index in [1.54, 1.807) is 48.5 Å². The van der Waals surface area contributed by atoms with E-state index in [-0.39, 0.29) is 23.6 Å². The number of hydrogen-bond acceptors (Lipinski definition) is 5. The van der Waals surface area contributed by atoms with Crippen LogP contribution in [-0.4, -0.2) is 30.3 Å². The Hall–Kier alpha value is -4.46. The first kappa shape index (κ1) is 22.2. The van der Waals surface area contributed by atoms with Crippen LogP contribution in [0.15, 0.2) is 84.9 Å². The van der Waals surface area contributed by atoms with E-state index in [9.17, 15) is 19.2 Å². The molecular formula is C24H21N3O5. The quantitative estimate of drug-likeness (QED) is 0.393. The first-order chi connectivity index (χ1) is 15.5. The van der Waals surface area contributed by atoms with E-state index in [1.807, 2.05) is 30.3 Å². The van der Waals surface area contributed by atoms with Crippen LogP contribution in [0.2, 0.25) is 0 Å². The Kier molecular flexibility index (Phi) is 7.69. The van der Waals surface area contributed by atoms with Crippen molar-refractivity contribution in [1.29, 1.82) is 0 Å². The van der Waals surface area contributed by atoms with Crippen LogP contribution in [0.5, 0.6) is 0 Å². The van der Waals surface area contributed by atoms with E-state index in [2.05, 4.69) is 16.2 Å². The highest BCUT2D eigenvalue weighted by atomic mass is 16.5. The molecule has 0 radical (unpaired) electrons. The molecule has 0 aliphatic carbocycles. The minimum absolute atomic E-state index is 0.107. The third-order valence-corrected chi connectivity index (χ3v) is 4.31. The number of carbonyl (C=O) groups is 4. The predicted octanol–water partition coefficient (Wildman–Crippen LogP) is 2.49. The fraction of sp³-hybridized carbons (Fsp3) is 0.0833. The second-order valence-electron chi connectivity index (χ2n) is 6.70. The van der Waals surface area contributed by atoms with Gasteiger partial charge in [-0.1, -0.05) is 60.7 Å². The van der Waals surface area contributed by atoms with E-state index in [4.69, 9.17) is 4.74 Å². The Morgan fingerprint density at radius 2 is 1.31 bits per heavy atom. The molecule has 0 fully saturated rings. The molecule has 0 saturated carbocycles. The van der Waals surface area contributed by atoms with Gasteiger partial charge in [0.1, 0.15) is 0 Å². The molecule has 3 N–H and O–H groups in total. The van der Waals surface area contributed by atoms with Gasteiger partial charge >= 0.3 is 5.97 Å². The molecule has 0 aromatic heterocycles. The predicted molar refractivity (Wildman–Crippen MR) is 118 cm³/mol. The molecule has 3 amide bonds. The van der Waals surface area contributed by atoms with Gasteiger partial charge in [0, 0.05) is 5.56 Å². The molecular weight excluding hydrogens is 410 g/mol. The maximum Gasteiger partial charge on any atom is 0.340 e. The lowest BCUT2D eigenvalue weighted by Gasteiger charge is -2.11. The molecule has 8 heteroatoms. The summed E-state index contributed by atoms with van der Waals surface area (Å²) in [6, 6.07) is 23.8. The van der Waals surface area contributed by atoms with Crippen LogP contribution in [0.1, 0.15) is 26.3 Å². The molecule has 0 heterocycles. The van der Waals surface area contributed by atoms with Crippen LogP contribution in [0.3, 0.4) is 0 Å². The van der Waals surface area contributed by atoms with Crippen LogP contribution in [-0.2, 0) is 20.7 Å². The van der Waals surface area contributed by atoms with Gasteiger partial charge in [0.15, 0.2) is 6.61 Å². The van der Waals surface area contributed by atoms with Crippen molar-refractivity contribution in [3.8, 4) is 0 Å². The van der Waals surface area contributed by atoms with Gasteiger partial charge in [-0.3, -0.25) is 25.2 Å². The fourth-order valence-corrected chi connectivity index (χ4v) is 2.78. The number of hydrazine groups is 1. The number of esters is 1. The van der Waals surface area contributed by atoms with Crippen molar-refractivity contribution in [1.82, 2.24) is 10.9 Å². The van der Waals surface area contributed by atoms with Crippen molar-refractivity contribution >= 4 is 29.4 Å². The van der Waals surface area contributed by atoms with Gasteiger partial charge in [-0.05, 0) is 29.8 Å². The SMILES string of the molecule is O=C(COC(=O)c1ccccc1NC(=O)Cc1ccccc1)NNC(=O)c1ccccc1. The van der Waals surface area contributed by atoms with Crippen molar-refractivity contribution in [2.24, 2.45) is 0 Å². The first-order valence-corrected chi connectivity index (χ1v) is 9.77. The van der Waals surface area contributed by atoms with Crippen molar-refractivity contribution in [2.45, 2.75) is 6.42 Å².